The van der Waals surface area contributed by atoms with Gasteiger partial charge < -0.3 is 14.5 Å². The summed E-state index contributed by atoms with van der Waals surface area (Å²) in [5.74, 6) is 0.787. The number of carbonyl (C=O) groups excluding carboxylic acids is 2. The van der Waals surface area contributed by atoms with E-state index in [4.69, 9.17) is 14.5 Å². The van der Waals surface area contributed by atoms with Crippen LogP contribution in [0.1, 0.15) is 90.1 Å². The van der Waals surface area contributed by atoms with E-state index in [1.54, 1.807) is 16.2 Å². The van der Waals surface area contributed by atoms with E-state index in [-0.39, 0.29) is 24.3 Å². The van der Waals surface area contributed by atoms with Gasteiger partial charge in [-0.05, 0) is 89.5 Å². The van der Waals surface area contributed by atoms with Gasteiger partial charge in [0.05, 0.1) is 28.9 Å². The first-order valence-corrected chi connectivity index (χ1v) is 16.9. The summed E-state index contributed by atoms with van der Waals surface area (Å²) in [6.45, 7) is 12.7. The molecule has 2 saturated heterocycles. The third kappa shape index (κ3) is 7.12. The van der Waals surface area contributed by atoms with Crippen LogP contribution in [0.25, 0.3) is 32.8 Å². The first kappa shape index (κ1) is 31.8. The highest BCUT2D eigenvalue weighted by molar-refractivity contribution is 7.15. The topological polar surface area (TPSA) is 101 Å². The van der Waals surface area contributed by atoms with Gasteiger partial charge in [-0.15, -0.1) is 11.3 Å². The molecule has 2 atom stereocenters. The van der Waals surface area contributed by atoms with E-state index in [0.29, 0.717) is 13.1 Å². The summed E-state index contributed by atoms with van der Waals surface area (Å²) in [5, 5.41) is 0.950. The molecule has 1 unspecified atom stereocenters. The van der Waals surface area contributed by atoms with E-state index in [2.05, 4.69) is 58.5 Å². The van der Waals surface area contributed by atoms with Gasteiger partial charge in [-0.1, -0.05) is 48.5 Å². The standard InChI is InChI=1S/C36H43N5O4S/c1-35(2,3)44-33(42)40-19-7-9-28(40)31-37-21-27(39-31)25-15-11-23(12-16-25)24-13-17-26(18-14-24)30-22-38-32(46-30)29-10-8-20-41(29)34(43)45-36(4,5)6/h11-18,21-22,28-29H,7-10,19-20H2,1-6H3,(H,37,39)/t28-,29?/m0/s1. The smallest absolute Gasteiger partial charge is 0.410 e. The number of nitrogens with one attached hydrogen (secondary N) is 1. The molecule has 0 radical (unpaired) electrons. The second kappa shape index (κ2) is 12.5. The molecule has 242 valence electrons. The van der Waals surface area contributed by atoms with Crippen LogP contribution in [-0.4, -0.2) is 61.2 Å². The van der Waals surface area contributed by atoms with Crippen LogP contribution >= 0.6 is 11.3 Å². The van der Waals surface area contributed by atoms with Crippen molar-refractivity contribution in [3.8, 4) is 32.8 Å². The van der Waals surface area contributed by atoms with E-state index < -0.39 is 11.2 Å². The number of hydrogen-bond donors (Lipinski definition) is 1. The Bertz CT molecular complexity index is 1550. The third-order valence-electron chi connectivity index (χ3n) is 8.18. The third-order valence-corrected chi connectivity index (χ3v) is 9.33. The molecule has 0 aliphatic carbocycles. The zero-order chi connectivity index (χ0) is 32.6. The van der Waals surface area contributed by atoms with Crippen LogP contribution in [0.2, 0.25) is 0 Å². The van der Waals surface area contributed by atoms with Crippen molar-refractivity contribution in [2.75, 3.05) is 13.1 Å². The SMILES string of the molecule is CC(C)(C)OC(=O)N1CCCC1c1ncc(-c2ccc(-c3ccc(-c4cnc([C@@H]5CCCN5C(=O)OC(C)(C)C)[nH]4)cc3)cc2)s1. The summed E-state index contributed by atoms with van der Waals surface area (Å²) >= 11 is 1.64. The summed E-state index contributed by atoms with van der Waals surface area (Å²) in [4.78, 5) is 43.0. The molecule has 9 nitrogen and oxygen atoms in total. The number of hydrogen-bond acceptors (Lipinski definition) is 7. The number of H-pyrrole nitrogens is 1. The molecule has 2 aliphatic heterocycles. The Balaban J connectivity index is 1.11. The Kier molecular flexibility index (Phi) is 8.67. The van der Waals surface area contributed by atoms with Crippen LogP contribution in [0.3, 0.4) is 0 Å². The number of aromatic nitrogens is 3. The molecule has 0 saturated carbocycles. The number of benzene rings is 2. The number of thiazole rings is 1. The average Bonchev–Trinajstić information content (AvgIpc) is 3.82. The molecular weight excluding hydrogens is 598 g/mol. The van der Waals surface area contributed by atoms with E-state index in [0.717, 1.165) is 69.3 Å². The monoisotopic (exact) mass is 641 g/mol. The minimum Gasteiger partial charge on any atom is -0.444 e. The van der Waals surface area contributed by atoms with Crippen molar-refractivity contribution in [3.05, 3.63) is 71.8 Å². The lowest BCUT2D eigenvalue weighted by Gasteiger charge is -2.27. The highest BCUT2D eigenvalue weighted by Gasteiger charge is 2.36. The Morgan fingerprint density at radius 3 is 1.78 bits per heavy atom. The Morgan fingerprint density at radius 2 is 1.22 bits per heavy atom. The van der Waals surface area contributed by atoms with Crippen LogP contribution in [0.5, 0.6) is 0 Å². The summed E-state index contributed by atoms with van der Waals surface area (Å²) in [7, 11) is 0. The van der Waals surface area contributed by atoms with Gasteiger partial charge >= 0.3 is 12.2 Å². The molecule has 2 aromatic heterocycles. The maximum atomic E-state index is 12.8. The number of imidazole rings is 1. The van der Waals surface area contributed by atoms with Gasteiger partial charge in [-0.3, -0.25) is 9.80 Å². The number of ether oxygens (including phenoxy) is 2. The summed E-state index contributed by atoms with van der Waals surface area (Å²) in [6, 6.07) is 16.8. The first-order valence-electron chi connectivity index (χ1n) is 16.1. The molecule has 4 aromatic rings. The van der Waals surface area contributed by atoms with Crippen molar-refractivity contribution in [2.24, 2.45) is 0 Å². The van der Waals surface area contributed by atoms with Crippen LogP contribution in [0, 0.1) is 0 Å². The maximum Gasteiger partial charge on any atom is 0.410 e. The molecule has 2 fully saturated rings. The number of nitrogens with zero attached hydrogens (tertiary/aromatic N) is 4. The van der Waals surface area contributed by atoms with Gasteiger partial charge in [0.1, 0.15) is 22.0 Å². The fraction of sp³-hybridized carbons (Fsp3) is 0.444. The second-order valence-electron chi connectivity index (χ2n) is 14.1. The Labute approximate surface area is 275 Å². The highest BCUT2D eigenvalue weighted by atomic mass is 32.1. The number of amides is 2. The van der Waals surface area contributed by atoms with Gasteiger partial charge in [0, 0.05) is 19.3 Å². The molecular formula is C36H43N5O4S. The Morgan fingerprint density at radius 1 is 0.717 bits per heavy atom. The van der Waals surface area contributed by atoms with Crippen molar-refractivity contribution in [3.63, 3.8) is 0 Å². The molecule has 0 bridgehead atoms. The molecule has 2 aliphatic rings. The van der Waals surface area contributed by atoms with Crippen LogP contribution in [-0.2, 0) is 9.47 Å². The normalized spacial score (nSPS) is 18.7. The van der Waals surface area contributed by atoms with E-state index >= 15 is 0 Å². The average molecular weight is 642 g/mol. The van der Waals surface area contributed by atoms with E-state index in [1.807, 2.05) is 58.8 Å². The zero-order valence-corrected chi connectivity index (χ0v) is 28.3. The molecule has 1 N–H and O–H groups in total. The van der Waals surface area contributed by atoms with E-state index in [1.165, 1.54) is 0 Å². The lowest BCUT2D eigenvalue weighted by atomic mass is 10.0. The van der Waals surface area contributed by atoms with Gasteiger partial charge in [-0.2, -0.15) is 0 Å². The fourth-order valence-corrected chi connectivity index (χ4v) is 7.12. The van der Waals surface area contributed by atoms with Gasteiger partial charge in [-0.25, -0.2) is 19.6 Å². The summed E-state index contributed by atoms with van der Waals surface area (Å²) in [5.41, 5.74) is 4.23. The lowest BCUT2D eigenvalue weighted by molar-refractivity contribution is 0.0210. The van der Waals surface area contributed by atoms with Crippen molar-refractivity contribution in [2.45, 2.75) is 90.5 Å². The van der Waals surface area contributed by atoms with Crippen LogP contribution in [0.4, 0.5) is 9.59 Å². The van der Waals surface area contributed by atoms with Gasteiger partial charge in [0.2, 0.25) is 0 Å². The minimum absolute atomic E-state index is 0.0422. The predicted octanol–water partition coefficient (Wildman–Crippen LogP) is 9.01. The molecule has 4 heterocycles. The molecule has 2 aromatic carbocycles. The predicted molar refractivity (Wildman–Crippen MR) is 180 cm³/mol. The van der Waals surface area contributed by atoms with Crippen molar-refractivity contribution >= 4 is 23.5 Å². The number of rotatable bonds is 5. The fourth-order valence-electron chi connectivity index (χ4n) is 6.05. The number of carbonyl (C=O) groups is 2. The Hall–Kier alpha value is -4.18. The molecule has 46 heavy (non-hydrogen) atoms. The van der Waals surface area contributed by atoms with E-state index in [9.17, 15) is 9.59 Å². The number of likely N-dealkylation sites (tertiary alicyclic amines) is 2. The van der Waals surface area contributed by atoms with Gasteiger partial charge in [0.25, 0.3) is 0 Å². The first-order chi connectivity index (χ1) is 21.8. The lowest BCUT2D eigenvalue weighted by Crippen LogP contribution is -2.36. The van der Waals surface area contributed by atoms with Crippen LogP contribution in [0.15, 0.2) is 60.9 Å². The quantitative estimate of drug-likeness (QED) is 0.233. The van der Waals surface area contributed by atoms with Crippen LogP contribution < -0.4 is 0 Å². The molecule has 0 spiro atoms. The van der Waals surface area contributed by atoms with Crippen molar-refractivity contribution < 1.29 is 19.1 Å². The molecule has 6 rings (SSSR count). The second-order valence-corrected chi connectivity index (χ2v) is 15.1. The zero-order valence-electron chi connectivity index (χ0n) is 27.5. The minimum atomic E-state index is -0.534. The summed E-state index contributed by atoms with van der Waals surface area (Å²) in [6.07, 6.45) is 6.80. The number of aromatic amines is 1. The highest BCUT2D eigenvalue weighted by Crippen LogP contribution is 2.39. The van der Waals surface area contributed by atoms with Gasteiger partial charge in [0.15, 0.2) is 0 Å². The molecule has 10 heteroatoms. The largest absolute Gasteiger partial charge is 0.444 e. The summed E-state index contributed by atoms with van der Waals surface area (Å²) < 4.78 is 11.3. The van der Waals surface area contributed by atoms with Crippen molar-refractivity contribution in [1.29, 1.82) is 0 Å². The maximum absolute atomic E-state index is 12.8. The van der Waals surface area contributed by atoms with Crippen molar-refractivity contribution in [1.82, 2.24) is 24.8 Å². The molecule has 2 amide bonds.